The number of hydrogen-bond donors (Lipinski definition) is 0. The molecule has 1 aliphatic heterocycles. The van der Waals surface area contributed by atoms with Crippen molar-refractivity contribution in [2.24, 2.45) is 5.92 Å². The molecule has 1 fully saturated rings. The van der Waals surface area contributed by atoms with Gasteiger partial charge in [0.05, 0.1) is 9.35 Å². The Morgan fingerprint density at radius 1 is 1.22 bits per heavy atom. The van der Waals surface area contributed by atoms with Gasteiger partial charge in [0.25, 0.3) is 15.9 Å². The van der Waals surface area contributed by atoms with E-state index in [4.69, 9.17) is 0 Å². The average Bonchev–Trinajstić information content (AvgIpc) is 3.27. The lowest BCUT2D eigenvalue weighted by molar-refractivity contribution is 0.0697. The summed E-state index contributed by atoms with van der Waals surface area (Å²) < 4.78 is 28.1. The summed E-state index contributed by atoms with van der Waals surface area (Å²) in [6.45, 7) is 3.81. The lowest BCUT2D eigenvalue weighted by Crippen LogP contribution is -2.50. The SMILES string of the molecule is CC1CCc2c(C(=O)N3CCN(S(=O)(=O)c4ccc(Br)s4)CC3)csc2C1. The number of piperazine rings is 1. The second-order valence-electron chi connectivity index (χ2n) is 7.15. The number of fused-ring (bicyclic) bond motifs is 1. The molecule has 0 bridgehead atoms. The van der Waals surface area contributed by atoms with Gasteiger partial charge in [-0.05, 0) is 58.8 Å². The second kappa shape index (κ2) is 7.59. The van der Waals surface area contributed by atoms with Crippen molar-refractivity contribution < 1.29 is 13.2 Å². The van der Waals surface area contributed by atoms with E-state index >= 15 is 0 Å². The first-order valence-electron chi connectivity index (χ1n) is 9.00. The number of thiophene rings is 2. The zero-order chi connectivity index (χ0) is 19.2. The first-order chi connectivity index (χ1) is 12.9. The minimum atomic E-state index is -3.48. The van der Waals surface area contributed by atoms with Gasteiger partial charge in [0.1, 0.15) is 4.21 Å². The summed E-state index contributed by atoms with van der Waals surface area (Å²) in [6.07, 6.45) is 3.17. The van der Waals surface area contributed by atoms with Gasteiger partial charge in [-0.1, -0.05) is 6.92 Å². The van der Waals surface area contributed by atoms with Gasteiger partial charge >= 0.3 is 0 Å². The fraction of sp³-hybridized carbons (Fsp3) is 0.500. The van der Waals surface area contributed by atoms with Crippen LogP contribution >= 0.6 is 38.6 Å². The molecule has 2 aliphatic rings. The van der Waals surface area contributed by atoms with E-state index in [0.29, 0.717) is 36.3 Å². The minimum absolute atomic E-state index is 0.0537. The predicted molar refractivity (Wildman–Crippen MR) is 112 cm³/mol. The number of amides is 1. The first-order valence-corrected chi connectivity index (χ1v) is 12.9. The molecule has 146 valence electrons. The Morgan fingerprint density at radius 3 is 2.63 bits per heavy atom. The van der Waals surface area contributed by atoms with Crippen LogP contribution in [-0.4, -0.2) is 49.7 Å². The number of carbonyl (C=O) groups is 1. The van der Waals surface area contributed by atoms with Gasteiger partial charge in [-0.3, -0.25) is 4.79 Å². The molecular formula is C18H21BrN2O3S3. The van der Waals surface area contributed by atoms with Gasteiger partial charge in [0, 0.05) is 36.4 Å². The zero-order valence-corrected chi connectivity index (χ0v) is 19.0. The Balaban J connectivity index is 1.45. The van der Waals surface area contributed by atoms with E-state index in [2.05, 4.69) is 22.9 Å². The zero-order valence-electron chi connectivity index (χ0n) is 15.0. The van der Waals surface area contributed by atoms with Gasteiger partial charge in [0.15, 0.2) is 0 Å². The largest absolute Gasteiger partial charge is 0.336 e. The third kappa shape index (κ3) is 3.76. The van der Waals surface area contributed by atoms with E-state index in [0.717, 1.165) is 28.6 Å². The third-order valence-electron chi connectivity index (χ3n) is 5.30. The Hall–Kier alpha value is -0.740. The van der Waals surface area contributed by atoms with Crippen LogP contribution in [-0.2, 0) is 22.9 Å². The van der Waals surface area contributed by atoms with E-state index < -0.39 is 10.0 Å². The van der Waals surface area contributed by atoms with E-state index in [1.165, 1.54) is 26.1 Å². The molecule has 27 heavy (non-hydrogen) atoms. The van der Waals surface area contributed by atoms with Crippen LogP contribution in [0.3, 0.4) is 0 Å². The van der Waals surface area contributed by atoms with E-state index in [-0.39, 0.29) is 5.91 Å². The Bertz CT molecular complexity index is 958. The number of rotatable bonds is 3. The van der Waals surface area contributed by atoms with Crippen LogP contribution < -0.4 is 0 Å². The van der Waals surface area contributed by atoms with Crippen LogP contribution in [0.5, 0.6) is 0 Å². The standard InChI is InChI=1S/C18H21BrN2O3S3/c1-12-2-3-13-14(11-25-15(13)10-12)18(22)20-6-8-21(9-7-20)27(23,24)17-5-4-16(19)26-17/h4-5,11-12H,2-3,6-10H2,1H3. The Morgan fingerprint density at radius 2 is 1.96 bits per heavy atom. The number of hydrogen-bond acceptors (Lipinski definition) is 5. The van der Waals surface area contributed by atoms with Crippen molar-refractivity contribution in [1.29, 1.82) is 0 Å². The van der Waals surface area contributed by atoms with Crippen LogP contribution in [0.1, 0.15) is 34.1 Å². The highest BCUT2D eigenvalue weighted by Gasteiger charge is 2.33. The summed E-state index contributed by atoms with van der Waals surface area (Å²) in [4.78, 5) is 16.2. The molecule has 1 unspecified atom stereocenters. The summed E-state index contributed by atoms with van der Waals surface area (Å²) in [5, 5.41) is 2.00. The van der Waals surface area contributed by atoms with E-state index in [1.807, 2.05) is 5.38 Å². The normalized spacial score (nSPS) is 21.3. The van der Waals surface area contributed by atoms with Crippen LogP contribution in [0, 0.1) is 5.92 Å². The molecule has 1 amide bonds. The fourth-order valence-corrected chi connectivity index (χ4v) is 8.55. The molecule has 1 atom stereocenters. The summed E-state index contributed by atoms with van der Waals surface area (Å²) in [6, 6.07) is 3.37. The molecule has 0 saturated carbocycles. The van der Waals surface area contributed by atoms with Crippen LogP contribution in [0.2, 0.25) is 0 Å². The highest BCUT2D eigenvalue weighted by Crippen LogP contribution is 2.34. The predicted octanol–water partition coefficient (Wildman–Crippen LogP) is 3.84. The molecule has 1 saturated heterocycles. The van der Waals surface area contributed by atoms with Gasteiger partial charge in [-0.15, -0.1) is 22.7 Å². The summed E-state index contributed by atoms with van der Waals surface area (Å²) in [5.41, 5.74) is 2.06. The number of sulfonamides is 1. The van der Waals surface area contributed by atoms with Gasteiger partial charge in [0.2, 0.25) is 0 Å². The molecule has 4 rings (SSSR count). The van der Waals surface area contributed by atoms with E-state index in [1.54, 1.807) is 28.4 Å². The number of carbonyl (C=O) groups excluding carboxylic acids is 1. The van der Waals surface area contributed by atoms with Crippen molar-refractivity contribution in [2.75, 3.05) is 26.2 Å². The highest BCUT2D eigenvalue weighted by atomic mass is 79.9. The highest BCUT2D eigenvalue weighted by molar-refractivity contribution is 9.11. The molecule has 5 nitrogen and oxygen atoms in total. The van der Waals surface area contributed by atoms with Crippen molar-refractivity contribution in [3.05, 3.63) is 37.3 Å². The quantitative estimate of drug-likeness (QED) is 0.659. The van der Waals surface area contributed by atoms with Crippen molar-refractivity contribution in [2.45, 2.75) is 30.4 Å². The molecule has 2 aromatic rings. The topological polar surface area (TPSA) is 57.7 Å². The summed E-state index contributed by atoms with van der Waals surface area (Å²) >= 11 is 6.23. The molecule has 0 spiro atoms. The molecular weight excluding hydrogens is 468 g/mol. The van der Waals surface area contributed by atoms with Crippen molar-refractivity contribution in [3.63, 3.8) is 0 Å². The summed E-state index contributed by atoms with van der Waals surface area (Å²) in [5.74, 6) is 0.739. The minimum Gasteiger partial charge on any atom is -0.336 e. The molecule has 0 aromatic carbocycles. The van der Waals surface area contributed by atoms with Gasteiger partial charge in [-0.25, -0.2) is 8.42 Å². The maximum absolute atomic E-state index is 13.0. The van der Waals surface area contributed by atoms with Crippen molar-refractivity contribution in [3.8, 4) is 0 Å². The number of nitrogens with zero attached hydrogens (tertiary/aromatic N) is 2. The molecule has 9 heteroatoms. The smallest absolute Gasteiger partial charge is 0.255 e. The van der Waals surface area contributed by atoms with Crippen LogP contribution in [0.4, 0.5) is 0 Å². The van der Waals surface area contributed by atoms with Crippen LogP contribution in [0.25, 0.3) is 0 Å². The molecule has 2 aromatic heterocycles. The van der Waals surface area contributed by atoms with Gasteiger partial charge < -0.3 is 4.90 Å². The first kappa shape index (κ1) is 19.6. The molecule has 3 heterocycles. The molecule has 0 N–H and O–H groups in total. The lowest BCUT2D eigenvalue weighted by atomic mass is 9.88. The Kier molecular flexibility index (Phi) is 5.50. The average molecular weight is 489 g/mol. The monoisotopic (exact) mass is 488 g/mol. The fourth-order valence-electron chi connectivity index (χ4n) is 3.72. The summed E-state index contributed by atoms with van der Waals surface area (Å²) in [7, 11) is -3.48. The van der Waals surface area contributed by atoms with Crippen LogP contribution in [0.15, 0.2) is 25.5 Å². The molecule has 0 radical (unpaired) electrons. The van der Waals surface area contributed by atoms with Crippen molar-refractivity contribution in [1.82, 2.24) is 9.21 Å². The van der Waals surface area contributed by atoms with Gasteiger partial charge in [-0.2, -0.15) is 4.31 Å². The third-order valence-corrected chi connectivity index (χ3v) is 10.3. The Labute approximate surface area is 176 Å². The molecule has 1 aliphatic carbocycles. The lowest BCUT2D eigenvalue weighted by Gasteiger charge is -2.34. The second-order valence-corrected chi connectivity index (χ2v) is 12.7. The van der Waals surface area contributed by atoms with E-state index in [9.17, 15) is 13.2 Å². The maximum atomic E-state index is 13.0. The number of halogens is 1. The van der Waals surface area contributed by atoms with Crippen molar-refractivity contribution >= 4 is 54.5 Å². The maximum Gasteiger partial charge on any atom is 0.255 e.